The van der Waals surface area contributed by atoms with E-state index < -0.39 is 36.4 Å². The summed E-state index contributed by atoms with van der Waals surface area (Å²) in [5.74, 6) is -1.36. The van der Waals surface area contributed by atoms with Crippen LogP contribution in [0.25, 0.3) is 0 Å². The topological polar surface area (TPSA) is 98.7 Å². The number of carbonyl (C=O) groups is 2. The number of carboxylic acids is 1. The van der Waals surface area contributed by atoms with Crippen molar-refractivity contribution in [3.8, 4) is 0 Å². The Labute approximate surface area is 117 Å². The lowest BCUT2D eigenvalue weighted by Gasteiger charge is -2.14. The van der Waals surface area contributed by atoms with Crippen LogP contribution in [0.15, 0.2) is 24.3 Å². The number of amides is 2. The second-order valence-corrected chi connectivity index (χ2v) is 4.08. The van der Waals surface area contributed by atoms with Gasteiger partial charge in [0.2, 0.25) is 0 Å². The Balaban J connectivity index is 2.73. The van der Waals surface area contributed by atoms with Gasteiger partial charge < -0.3 is 20.8 Å². The predicted molar refractivity (Wildman–Crippen MR) is 66.7 cm³/mol. The van der Waals surface area contributed by atoms with Crippen LogP contribution in [0.1, 0.15) is 12.0 Å². The van der Waals surface area contributed by atoms with Crippen LogP contribution in [0.4, 0.5) is 23.7 Å². The highest BCUT2D eigenvalue weighted by Gasteiger charge is 2.30. The van der Waals surface area contributed by atoms with Crippen molar-refractivity contribution in [1.29, 1.82) is 0 Å². The van der Waals surface area contributed by atoms with Crippen LogP contribution in [0.5, 0.6) is 0 Å². The van der Waals surface area contributed by atoms with E-state index >= 15 is 0 Å². The van der Waals surface area contributed by atoms with E-state index in [0.29, 0.717) is 0 Å². The van der Waals surface area contributed by atoms with Crippen LogP contribution in [-0.4, -0.2) is 34.9 Å². The normalized spacial score (nSPS) is 12.6. The standard InChI is InChI=1S/C12H13F3N2O4/c13-12(14,15)7-2-1-3-8(6-7)16-11(21)17-9(4-5-18)10(19)20/h1-3,6,9,18H,4-5H2,(H,19,20)(H2,16,17,21)/t9-/m1/s1. The third-order valence-corrected chi connectivity index (χ3v) is 2.47. The highest BCUT2D eigenvalue weighted by atomic mass is 19.4. The molecule has 1 rings (SSSR count). The molecule has 0 spiro atoms. The highest BCUT2D eigenvalue weighted by molar-refractivity contribution is 5.92. The molecule has 0 unspecified atom stereocenters. The fourth-order valence-corrected chi connectivity index (χ4v) is 1.49. The molecule has 0 heterocycles. The number of aliphatic hydroxyl groups is 1. The monoisotopic (exact) mass is 306 g/mol. The van der Waals surface area contributed by atoms with Gasteiger partial charge in [0.1, 0.15) is 6.04 Å². The summed E-state index contributed by atoms with van der Waals surface area (Å²) in [6, 6.07) is 1.60. The van der Waals surface area contributed by atoms with E-state index in [-0.39, 0.29) is 12.1 Å². The van der Waals surface area contributed by atoms with Gasteiger partial charge in [0.25, 0.3) is 0 Å². The largest absolute Gasteiger partial charge is 0.480 e. The number of hydrogen-bond acceptors (Lipinski definition) is 3. The number of carboxylic acid groups (broad SMARTS) is 1. The average molecular weight is 306 g/mol. The van der Waals surface area contributed by atoms with Gasteiger partial charge >= 0.3 is 18.2 Å². The summed E-state index contributed by atoms with van der Waals surface area (Å²) in [6.45, 7) is -0.458. The van der Waals surface area contributed by atoms with Crippen molar-refractivity contribution in [2.45, 2.75) is 18.6 Å². The number of rotatable bonds is 5. The number of aliphatic carboxylic acids is 1. The van der Waals surface area contributed by atoms with Gasteiger partial charge in [0.05, 0.1) is 5.56 Å². The van der Waals surface area contributed by atoms with E-state index in [1.807, 2.05) is 5.32 Å². The maximum Gasteiger partial charge on any atom is 0.416 e. The average Bonchev–Trinajstić information content (AvgIpc) is 2.37. The summed E-state index contributed by atoms with van der Waals surface area (Å²) in [5.41, 5.74) is -1.07. The van der Waals surface area contributed by atoms with Crippen LogP contribution in [0, 0.1) is 0 Å². The van der Waals surface area contributed by atoms with Crippen LogP contribution < -0.4 is 10.6 Å². The summed E-state index contributed by atoms with van der Waals surface area (Å²) in [5, 5.41) is 21.6. The summed E-state index contributed by atoms with van der Waals surface area (Å²) in [4.78, 5) is 22.3. The Morgan fingerprint density at radius 2 is 1.95 bits per heavy atom. The number of urea groups is 1. The number of halogens is 3. The molecule has 6 nitrogen and oxygen atoms in total. The third-order valence-electron chi connectivity index (χ3n) is 2.47. The fraction of sp³-hybridized carbons (Fsp3) is 0.333. The van der Waals surface area contributed by atoms with Crippen molar-refractivity contribution in [3.63, 3.8) is 0 Å². The van der Waals surface area contributed by atoms with Gasteiger partial charge in [-0.15, -0.1) is 0 Å². The molecule has 9 heteroatoms. The predicted octanol–water partition coefficient (Wildman–Crippen LogP) is 1.66. The Bertz CT molecular complexity index is 519. The summed E-state index contributed by atoms with van der Waals surface area (Å²) in [7, 11) is 0. The van der Waals surface area contributed by atoms with Gasteiger partial charge in [-0.25, -0.2) is 9.59 Å². The number of aliphatic hydroxyl groups excluding tert-OH is 1. The lowest BCUT2D eigenvalue weighted by Crippen LogP contribution is -2.43. The van der Waals surface area contributed by atoms with E-state index in [0.717, 1.165) is 18.2 Å². The molecule has 0 aliphatic rings. The van der Waals surface area contributed by atoms with Gasteiger partial charge in [-0.3, -0.25) is 0 Å². The molecule has 1 aromatic carbocycles. The highest BCUT2D eigenvalue weighted by Crippen LogP contribution is 2.30. The zero-order valence-electron chi connectivity index (χ0n) is 10.6. The number of alkyl halides is 3. The molecule has 0 saturated heterocycles. The SMILES string of the molecule is O=C(Nc1cccc(C(F)(F)F)c1)N[C@H](CCO)C(=O)O. The molecule has 116 valence electrons. The Morgan fingerprint density at radius 1 is 1.29 bits per heavy atom. The minimum absolute atomic E-state index is 0.129. The molecule has 0 aliphatic carbocycles. The molecule has 0 aliphatic heterocycles. The number of benzene rings is 1. The summed E-state index contributed by atoms with van der Waals surface area (Å²) < 4.78 is 37.5. The molecular weight excluding hydrogens is 293 g/mol. The van der Waals surface area contributed by atoms with E-state index in [1.54, 1.807) is 0 Å². The molecule has 21 heavy (non-hydrogen) atoms. The van der Waals surface area contributed by atoms with Crippen molar-refractivity contribution in [2.24, 2.45) is 0 Å². The van der Waals surface area contributed by atoms with Crippen molar-refractivity contribution in [3.05, 3.63) is 29.8 Å². The number of hydrogen-bond donors (Lipinski definition) is 4. The van der Waals surface area contributed by atoms with Crippen molar-refractivity contribution < 1.29 is 33.0 Å². The van der Waals surface area contributed by atoms with Crippen molar-refractivity contribution in [2.75, 3.05) is 11.9 Å². The quantitative estimate of drug-likeness (QED) is 0.665. The second-order valence-electron chi connectivity index (χ2n) is 4.08. The first-order valence-corrected chi connectivity index (χ1v) is 5.82. The van der Waals surface area contributed by atoms with E-state index in [9.17, 15) is 22.8 Å². The maximum absolute atomic E-state index is 12.5. The van der Waals surface area contributed by atoms with E-state index in [4.69, 9.17) is 10.2 Å². The minimum atomic E-state index is -4.55. The van der Waals surface area contributed by atoms with Gasteiger partial charge in [-0.2, -0.15) is 13.2 Å². The molecule has 2 amide bonds. The van der Waals surface area contributed by atoms with Gasteiger partial charge in [0.15, 0.2) is 0 Å². The Morgan fingerprint density at radius 3 is 2.48 bits per heavy atom. The number of carbonyl (C=O) groups excluding carboxylic acids is 1. The minimum Gasteiger partial charge on any atom is -0.480 e. The van der Waals surface area contributed by atoms with Crippen LogP contribution >= 0.6 is 0 Å². The molecule has 0 bridgehead atoms. The molecule has 1 aromatic rings. The first-order valence-electron chi connectivity index (χ1n) is 5.82. The van der Waals surface area contributed by atoms with Crippen LogP contribution in [-0.2, 0) is 11.0 Å². The molecule has 1 atom stereocenters. The lowest BCUT2D eigenvalue weighted by atomic mass is 10.2. The summed E-state index contributed by atoms with van der Waals surface area (Å²) >= 11 is 0. The fourth-order valence-electron chi connectivity index (χ4n) is 1.49. The lowest BCUT2D eigenvalue weighted by molar-refractivity contribution is -0.139. The molecule has 0 saturated carbocycles. The first kappa shape index (κ1) is 16.8. The smallest absolute Gasteiger partial charge is 0.416 e. The molecule has 0 aromatic heterocycles. The van der Waals surface area contributed by atoms with Crippen LogP contribution in [0.3, 0.4) is 0 Å². The van der Waals surface area contributed by atoms with Crippen molar-refractivity contribution in [1.82, 2.24) is 5.32 Å². The summed E-state index contributed by atoms with van der Waals surface area (Å²) in [6.07, 6.45) is -4.76. The number of anilines is 1. The van der Waals surface area contributed by atoms with Crippen LogP contribution in [0.2, 0.25) is 0 Å². The Kier molecular flexibility index (Phi) is 5.53. The van der Waals surface area contributed by atoms with E-state index in [1.165, 1.54) is 6.07 Å². The first-order chi connectivity index (χ1) is 9.74. The molecular formula is C12H13F3N2O4. The molecule has 0 radical (unpaired) electrons. The zero-order valence-corrected chi connectivity index (χ0v) is 10.6. The maximum atomic E-state index is 12.5. The van der Waals surface area contributed by atoms with Gasteiger partial charge in [-0.1, -0.05) is 6.07 Å². The van der Waals surface area contributed by atoms with Gasteiger partial charge in [0, 0.05) is 18.7 Å². The van der Waals surface area contributed by atoms with Gasteiger partial charge in [-0.05, 0) is 18.2 Å². The molecule has 0 fully saturated rings. The third kappa shape index (κ3) is 5.30. The molecule has 4 N–H and O–H groups in total. The Hall–Kier alpha value is -2.29. The van der Waals surface area contributed by atoms with E-state index in [2.05, 4.69) is 5.32 Å². The zero-order chi connectivity index (χ0) is 16.0. The van der Waals surface area contributed by atoms with Crippen molar-refractivity contribution >= 4 is 17.7 Å². The number of nitrogens with one attached hydrogen (secondary N) is 2. The second kappa shape index (κ2) is 6.93.